The van der Waals surface area contributed by atoms with Gasteiger partial charge in [0.2, 0.25) is 0 Å². The zero-order valence-corrected chi connectivity index (χ0v) is 12.9. The highest BCUT2D eigenvalue weighted by Gasteiger charge is 2.06. The summed E-state index contributed by atoms with van der Waals surface area (Å²) in [5, 5.41) is 0. The van der Waals surface area contributed by atoms with Gasteiger partial charge in [0.15, 0.2) is 11.5 Å². The molecule has 0 spiro atoms. The summed E-state index contributed by atoms with van der Waals surface area (Å²) < 4.78 is 11.1. The lowest BCUT2D eigenvalue weighted by atomic mass is 10.1. The third-order valence-corrected chi connectivity index (χ3v) is 3.35. The van der Waals surface area contributed by atoms with Crippen LogP contribution in [0.4, 0.5) is 0 Å². The van der Waals surface area contributed by atoms with Crippen molar-refractivity contribution in [3.05, 3.63) is 59.2 Å². The van der Waals surface area contributed by atoms with Gasteiger partial charge in [0.1, 0.15) is 12.4 Å². The predicted molar refractivity (Wildman–Crippen MR) is 88.3 cm³/mol. The van der Waals surface area contributed by atoms with Crippen LogP contribution in [-0.4, -0.2) is 20.0 Å². The molecular weight excluding hydrogens is 278 g/mol. The van der Waals surface area contributed by atoms with Gasteiger partial charge in [0, 0.05) is 19.2 Å². The molecule has 0 amide bonds. The van der Waals surface area contributed by atoms with Crippen LogP contribution in [-0.2, 0) is 13.2 Å². The van der Waals surface area contributed by atoms with E-state index >= 15 is 0 Å². The van der Waals surface area contributed by atoms with E-state index in [9.17, 15) is 0 Å². The SMILES string of the molecule is CN=C(N)c1ccc(COc2ccc(CN)cc2OC)cc1. The third kappa shape index (κ3) is 3.77. The van der Waals surface area contributed by atoms with Gasteiger partial charge in [0.05, 0.1) is 7.11 Å². The van der Waals surface area contributed by atoms with Gasteiger partial charge in [-0.25, -0.2) is 0 Å². The molecule has 116 valence electrons. The van der Waals surface area contributed by atoms with E-state index in [2.05, 4.69) is 4.99 Å². The van der Waals surface area contributed by atoms with Gasteiger partial charge in [0.25, 0.3) is 0 Å². The zero-order chi connectivity index (χ0) is 15.9. The molecule has 5 heteroatoms. The van der Waals surface area contributed by atoms with Crippen molar-refractivity contribution in [1.29, 1.82) is 0 Å². The molecule has 0 saturated heterocycles. The van der Waals surface area contributed by atoms with E-state index in [1.165, 1.54) is 0 Å². The van der Waals surface area contributed by atoms with Crippen molar-refractivity contribution in [2.24, 2.45) is 16.5 Å². The number of aliphatic imine (C=N–C) groups is 1. The number of hydrogen-bond acceptors (Lipinski definition) is 4. The molecule has 0 fully saturated rings. The number of nitrogens with zero attached hydrogens (tertiary/aromatic N) is 1. The predicted octanol–water partition coefficient (Wildman–Crippen LogP) is 2.07. The second kappa shape index (κ2) is 7.47. The Morgan fingerprint density at radius 2 is 1.73 bits per heavy atom. The molecule has 5 nitrogen and oxygen atoms in total. The first-order chi connectivity index (χ1) is 10.7. The van der Waals surface area contributed by atoms with Gasteiger partial charge < -0.3 is 20.9 Å². The molecule has 0 aliphatic heterocycles. The number of amidine groups is 1. The maximum atomic E-state index is 5.81. The summed E-state index contributed by atoms with van der Waals surface area (Å²) in [6, 6.07) is 13.5. The average molecular weight is 299 g/mol. The minimum Gasteiger partial charge on any atom is -0.493 e. The molecule has 0 aliphatic rings. The van der Waals surface area contributed by atoms with Crippen LogP contribution in [0.5, 0.6) is 11.5 Å². The van der Waals surface area contributed by atoms with Crippen molar-refractivity contribution in [3.63, 3.8) is 0 Å². The Balaban J connectivity index is 2.07. The van der Waals surface area contributed by atoms with Crippen LogP contribution in [0.15, 0.2) is 47.5 Å². The van der Waals surface area contributed by atoms with Gasteiger partial charge >= 0.3 is 0 Å². The molecule has 0 bridgehead atoms. The lowest BCUT2D eigenvalue weighted by Crippen LogP contribution is -2.12. The second-order valence-corrected chi connectivity index (χ2v) is 4.78. The Morgan fingerprint density at radius 1 is 1.05 bits per heavy atom. The van der Waals surface area contributed by atoms with Crippen LogP contribution in [0.2, 0.25) is 0 Å². The van der Waals surface area contributed by atoms with E-state index < -0.39 is 0 Å². The lowest BCUT2D eigenvalue weighted by molar-refractivity contribution is 0.284. The highest BCUT2D eigenvalue weighted by molar-refractivity contribution is 5.97. The summed E-state index contributed by atoms with van der Waals surface area (Å²) >= 11 is 0. The summed E-state index contributed by atoms with van der Waals surface area (Å²) in [6.07, 6.45) is 0. The molecule has 0 atom stereocenters. The van der Waals surface area contributed by atoms with E-state index in [1.54, 1.807) is 14.2 Å². The molecular formula is C17H21N3O2. The Hall–Kier alpha value is -2.53. The van der Waals surface area contributed by atoms with Crippen LogP contribution >= 0.6 is 0 Å². The van der Waals surface area contributed by atoms with E-state index in [4.69, 9.17) is 20.9 Å². The first kappa shape index (κ1) is 15.9. The lowest BCUT2D eigenvalue weighted by Gasteiger charge is -2.12. The van der Waals surface area contributed by atoms with E-state index in [1.807, 2.05) is 42.5 Å². The minimum absolute atomic E-state index is 0.446. The number of benzene rings is 2. The molecule has 0 saturated carbocycles. The van der Waals surface area contributed by atoms with Crippen molar-refractivity contribution in [1.82, 2.24) is 0 Å². The summed E-state index contributed by atoms with van der Waals surface area (Å²) in [5.41, 5.74) is 14.3. The zero-order valence-electron chi connectivity index (χ0n) is 12.9. The Labute approximate surface area is 130 Å². The molecule has 0 radical (unpaired) electrons. The number of rotatable bonds is 6. The van der Waals surface area contributed by atoms with Gasteiger partial charge in [-0.3, -0.25) is 4.99 Å². The summed E-state index contributed by atoms with van der Waals surface area (Å²) in [5.74, 6) is 1.90. The van der Waals surface area contributed by atoms with Gasteiger partial charge in [-0.1, -0.05) is 30.3 Å². The molecule has 22 heavy (non-hydrogen) atoms. The topological polar surface area (TPSA) is 82.9 Å². The number of nitrogens with two attached hydrogens (primary N) is 2. The van der Waals surface area contributed by atoms with E-state index in [0.717, 1.165) is 16.7 Å². The average Bonchev–Trinajstić information content (AvgIpc) is 2.59. The molecule has 0 aromatic heterocycles. The standard InChI is InChI=1S/C17H21N3O2/c1-20-17(19)14-6-3-12(4-7-14)11-22-15-8-5-13(10-18)9-16(15)21-2/h3-9H,10-11,18H2,1-2H3,(H2,19,20). The first-order valence-corrected chi connectivity index (χ1v) is 6.99. The fourth-order valence-corrected chi connectivity index (χ4v) is 2.02. The molecule has 2 aromatic carbocycles. The van der Waals surface area contributed by atoms with Gasteiger partial charge in [-0.2, -0.15) is 0 Å². The summed E-state index contributed by atoms with van der Waals surface area (Å²) in [4.78, 5) is 3.96. The highest BCUT2D eigenvalue weighted by Crippen LogP contribution is 2.28. The summed E-state index contributed by atoms with van der Waals surface area (Å²) in [6.45, 7) is 0.917. The Bertz CT molecular complexity index is 651. The number of methoxy groups -OCH3 is 1. The Morgan fingerprint density at radius 3 is 2.32 bits per heavy atom. The first-order valence-electron chi connectivity index (χ1n) is 6.99. The molecule has 2 aromatic rings. The molecule has 0 heterocycles. The van der Waals surface area contributed by atoms with Crippen LogP contribution in [0, 0.1) is 0 Å². The third-order valence-electron chi connectivity index (χ3n) is 3.35. The second-order valence-electron chi connectivity index (χ2n) is 4.78. The van der Waals surface area contributed by atoms with Crippen LogP contribution < -0.4 is 20.9 Å². The van der Waals surface area contributed by atoms with Crippen LogP contribution in [0.1, 0.15) is 16.7 Å². The molecule has 0 aliphatic carbocycles. The van der Waals surface area contributed by atoms with Crippen molar-refractivity contribution >= 4 is 5.84 Å². The highest BCUT2D eigenvalue weighted by atomic mass is 16.5. The number of ether oxygens (including phenoxy) is 2. The van der Waals surface area contributed by atoms with Gasteiger partial charge in [-0.05, 0) is 23.3 Å². The van der Waals surface area contributed by atoms with Gasteiger partial charge in [-0.15, -0.1) is 0 Å². The van der Waals surface area contributed by atoms with Crippen molar-refractivity contribution < 1.29 is 9.47 Å². The van der Waals surface area contributed by atoms with Crippen molar-refractivity contribution in [2.45, 2.75) is 13.2 Å². The quantitative estimate of drug-likeness (QED) is 0.632. The van der Waals surface area contributed by atoms with Crippen LogP contribution in [0.3, 0.4) is 0 Å². The van der Waals surface area contributed by atoms with E-state index in [0.29, 0.717) is 30.5 Å². The normalized spacial score (nSPS) is 11.3. The van der Waals surface area contributed by atoms with Crippen molar-refractivity contribution in [3.8, 4) is 11.5 Å². The maximum Gasteiger partial charge on any atom is 0.161 e. The Kier molecular flexibility index (Phi) is 5.38. The fraction of sp³-hybridized carbons (Fsp3) is 0.235. The maximum absolute atomic E-state index is 5.81. The monoisotopic (exact) mass is 299 g/mol. The van der Waals surface area contributed by atoms with Crippen LogP contribution in [0.25, 0.3) is 0 Å². The summed E-state index contributed by atoms with van der Waals surface area (Å²) in [7, 11) is 3.29. The molecule has 0 unspecified atom stereocenters. The largest absolute Gasteiger partial charge is 0.493 e. The fourth-order valence-electron chi connectivity index (χ4n) is 2.02. The number of hydrogen-bond donors (Lipinski definition) is 2. The molecule has 4 N–H and O–H groups in total. The van der Waals surface area contributed by atoms with Crippen molar-refractivity contribution in [2.75, 3.05) is 14.2 Å². The minimum atomic E-state index is 0.446. The molecule has 2 rings (SSSR count). The smallest absolute Gasteiger partial charge is 0.161 e. The van der Waals surface area contributed by atoms with E-state index in [-0.39, 0.29) is 0 Å².